The van der Waals surface area contributed by atoms with E-state index in [0.717, 1.165) is 22.8 Å². The van der Waals surface area contributed by atoms with Crippen molar-refractivity contribution in [2.45, 2.75) is 27.7 Å². The number of aryl methyl sites for hydroxylation is 4. The highest BCUT2D eigenvalue weighted by Gasteiger charge is 2.16. The molecule has 2 N–H and O–H groups in total. The van der Waals surface area contributed by atoms with Gasteiger partial charge in [0.25, 0.3) is 0 Å². The van der Waals surface area contributed by atoms with Crippen molar-refractivity contribution in [3.63, 3.8) is 0 Å². The third-order valence-electron chi connectivity index (χ3n) is 3.04. The van der Waals surface area contributed by atoms with Crippen LogP contribution in [0.15, 0.2) is 18.2 Å². The standard InChI is InChI=1S/C15H17N3O2/c1-8-7-10(3)17-14(13(8)15(19)20)18-12-6-5-9(2)16-11(12)4/h5-7H,1-4H3,(H,17,18)(H,19,20). The minimum absolute atomic E-state index is 0.190. The second-order valence-electron chi connectivity index (χ2n) is 4.82. The van der Waals surface area contributed by atoms with Crippen LogP contribution in [-0.4, -0.2) is 21.0 Å². The number of hydrogen-bond donors (Lipinski definition) is 2. The van der Waals surface area contributed by atoms with E-state index >= 15 is 0 Å². The molecule has 0 saturated heterocycles. The molecule has 0 atom stereocenters. The van der Waals surface area contributed by atoms with Gasteiger partial charge >= 0.3 is 5.97 Å². The van der Waals surface area contributed by atoms with E-state index < -0.39 is 5.97 Å². The first-order valence-electron chi connectivity index (χ1n) is 6.31. The van der Waals surface area contributed by atoms with Crippen LogP contribution in [-0.2, 0) is 0 Å². The summed E-state index contributed by atoms with van der Waals surface area (Å²) in [6.07, 6.45) is 0. The number of aromatic carboxylic acids is 1. The number of nitrogens with one attached hydrogen (secondary N) is 1. The quantitative estimate of drug-likeness (QED) is 0.896. The average molecular weight is 271 g/mol. The van der Waals surface area contributed by atoms with Gasteiger partial charge in [-0.15, -0.1) is 0 Å². The zero-order valence-electron chi connectivity index (χ0n) is 12.0. The van der Waals surface area contributed by atoms with E-state index in [1.165, 1.54) is 0 Å². The summed E-state index contributed by atoms with van der Waals surface area (Å²) in [6, 6.07) is 5.51. The predicted molar refractivity (Wildman–Crippen MR) is 77.7 cm³/mol. The van der Waals surface area contributed by atoms with Crippen LogP contribution < -0.4 is 5.32 Å². The Morgan fingerprint density at radius 3 is 2.40 bits per heavy atom. The van der Waals surface area contributed by atoms with E-state index in [0.29, 0.717) is 11.4 Å². The Morgan fingerprint density at radius 2 is 1.80 bits per heavy atom. The summed E-state index contributed by atoms with van der Waals surface area (Å²) in [5.74, 6) is -0.640. The van der Waals surface area contributed by atoms with E-state index in [9.17, 15) is 9.90 Å². The van der Waals surface area contributed by atoms with Crippen LogP contribution in [0.2, 0.25) is 0 Å². The number of aromatic nitrogens is 2. The number of carbonyl (C=O) groups is 1. The van der Waals surface area contributed by atoms with Crippen LogP contribution in [0.1, 0.15) is 33.0 Å². The monoisotopic (exact) mass is 271 g/mol. The minimum atomic E-state index is -0.991. The maximum Gasteiger partial charge on any atom is 0.339 e. The Morgan fingerprint density at radius 1 is 1.10 bits per heavy atom. The van der Waals surface area contributed by atoms with Gasteiger partial charge in [-0.1, -0.05) is 0 Å². The molecule has 0 aliphatic heterocycles. The summed E-state index contributed by atoms with van der Waals surface area (Å²) in [7, 11) is 0. The van der Waals surface area contributed by atoms with Crippen LogP contribution in [0.25, 0.3) is 0 Å². The molecule has 0 bridgehead atoms. The van der Waals surface area contributed by atoms with Crippen molar-refractivity contribution in [1.29, 1.82) is 0 Å². The number of pyridine rings is 2. The topological polar surface area (TPSA) is 75.1 Å². The fourth-order valence-electron chi connectivity index (χ4n) is 2.14. The van der Waals surface area contributed by atoms with Gasteiger partial charge in [0.1, 0.15) is 11.4 Å². The van der Waals surface area contributed by atoms with E-state index in [2.05, 4.69) is 15.3 Å². The Balaban J connectivity index is 2.50. The van der Waals surface area contributed by atoms with Crippen LogP contribution >= 0.6 is 0 Å². The molecule has 0 amide bonds. The Kier molecular flexibility index (Phi) is 3.70. The summed E-state index contributed by atoms with van der Waals surface area (Å²) in [5.41, 5.74) is 4.13. The van der Waals surface area contributed by atoms with Gasteiger partial charge in [0.05, 0.1) is 11.4 Å². The van der Waals surface area contributed by atoms with Gasteiger partial charge in [-0.05, 0) is 51.5 Å². The molecule has 104 valence electrons. The second-order valence-corrected chi connectivity index (χ2v) is 4.82. The minimum Gasteiger partial charge on any atom is -0.478 e. The Labute approximate surface area is 117 Å². The third kappa shape index (κ3) is 2.77. The predicted octanol–water partition coefficient (Wildman–Crippen LogP) is 3.15. The molecule has 0 aliphatic carbocycles. The number of carboxylic acid groups (broad SMARTS) is 1. The van der Waals surface area contributed by atoms with Gasteiger partial charge in [0.2, 0.25) is 0 Å². The molecular weight excluding hydrogens is 254 g/mol. The first-order valence-corrected chi connectivity index (χ1v) is 6.31. The lowest BCUT2D eigenvalue weighted by Crippen LogP contribution is -2.09. The molecule has 0 aromatic carbocycles. The summed E-state index contributed by atoms with van der Waals surface area (Å²) in [4.78, 5) is 20.0. The van der Waals surface area contributed by atoms with Gasteiger partial charge in [0.15, 0.2) is 0 Å². The molecule has 5 heteroatoms. The summed E-state index contributed by atoms with van der Waals surface area (Å²) < 4.78 is 0. The van der Waals surface area contributed by atoms with Crippen molar-refractivity contribution in [2.24, 2.45) is 0 Å². The second kappa shape index (κ2) is 5.28. The average Bonchev–Trinajstić information content (AvgIpc) is 2.31. The zero-order valence-corrected chi connectivity index (χ0v) is 12.0. The molecule has 0 saturated carbocycles. The zero-order chi connectivity index (χ0) is 14.9. The van der Waals surface area contributed by atoms with Crippen LogP contribution in [0.5, 0.6) is 0 Å². The van der Waals surface area contributed by atoms with Crippen molar-refractivity contribution in [3.8, 4) is 0 Å². The van der Waals surface area contributed by atoms with Crippen LogP contribution in [0.4, 0.5) is 11.5 Å². The van der Waals surface area contributed by atoms with Crippen molar-refractivity contribution in [3.05, 3.63) is 46.4 Å². The van der Waals surface area contributed by atoms with Gasteiger partial charge in [-0.2, -0.15) is 0 Å². The molecule has 20 heavy (non-hydrogen) atoms. The van der Waals surface area contributed by atoms with Crippen LogP contribution in [0, 0.1) is 27.7 Å². The highest BCUT2D eigenvalue weighted by Crippen LogP contribution is 2.24. The van der Waals surface area contributed by atoms with Crippen molar-refractivity contribution < 1.29 is 9.90 Å². The SMILES string of the molecule is Cc1ccc(Nc2nc(C)cc(C)c2C(=O)O)c(C)n1. The number of nitrogens with zero attached hydrogens (tertiary/aromatic N) is 2. The maximum atomic E-state index is 11.4. The lowest BCUT2D eigenvalue weighted by atomic mass is 10.1. The molecule has 0 spiro atoms. The van der Waals surface area contributed by atoms with Gasteiger partial charge in [-0.3, -0.25) is 4.98 Å². The van der Waals surface area contributed by atoms with E-state index in [1.807, 2.05) is 32.9 Å². The van der Waals surface area contributed by atoms with Gasteiger partial charge < -0.3 is 10.4 Å². The lowest BCUT2D eigenvalue weighted by molar-refractivity contribution is 0.0697. The van der Waals surface area contributed by atoms with Gasteiger partial charge in [0, 0.05) is 11.4 Å². The highest BCUT2D eigenvalue weighted by molar-refractivity contribution is 5.95. The van der Waals surface area contributed by atoms with Crippen molar-refractivity contribution in [1.82, 2.24) is 9.97 Å². The summed E-state index contributed by atoms with van der Waals surface area (Å²) >= 11 is 0. The smallest absolute Gasteiger partial charge is 0.339 e. The normalized spacial score (nSPS) is 10.4. The fraction of sp³-hybridized carbons (Fsp3) is 0.267. The highest BCUT2D eigenvalue weighted by atomic mass is 16.4. The molecule has 0 aliphatic rings. The van der Waals surface area contributed by atoms with Crippen LogP contribution in [0.3, 0.4) is 0 Å². The number of anilines is 2. The molecule has 2 aromatic rings. The molecule has 5 nitrogen and oxygen atoms in total. The Bertz CT molecular complexity index is 681. The number of hydrogen-bond acceptors (Lipinski definition) is 4. The summed E-state index contributed by atoms with van der Waals surface area (Å²) in [5, 5.41) is 12.4. The molecule has 2 heterocycles. The molecule has 0 unspecified atom stereocenters. The van der Waals surface area contributed by atoms with Crippen molar-refractivity contribution >= 4 is 17.5 Å². The third-order valence-corrected chi connectivity index (χ3v) is 3.04. The Hall–Kier alpha value is -2.43. The molecule has 2 rings (SSSR count). The molecule has 0 fully saturated rings. The molecule has 0 radical (unpaired) electrons. The fourth-order valence-corrected chi connectivity index (χ4v) is 2.14. The first-order chi connectivity index (χ1) is 9.38. The molecule has 2 aromatic heterocycles. The van der Waals surface area contributed by atoms with E-state index in [-0.39, 0.29) is 5.56 Å². The van der Waals surface area contributed by atoms with E-state index in [4.69, 9.17) is 0 Å². The number of carboxylic acids is 1. The van der Waals surface area contributed by atoms with Gasteiger partial charge in [-0.25, -0.2) is 9.78 Å². The van der Waals surface area contributed by atoms with Crippen molar-refractivity contribution in [2.75, 3.05) is 5.32 Å². The maximum absolute atomic E-state index is 11.4. The lowest BCUT2D eigenvalue weighted by Gasteiger charge is -2.13. The van der Waals surface area contributed by atoms with E-state index in [1.54, 1.807) is 13.0 Å². The first kappa shape index (κ1) is 14.0. The summed E-state index contributed by atoms with van der Waals surface area (Å²) in [6.45, 7) is 7.39. The molecular formula is C15H17N3O2. The largest absolute Gasteiger partial charge is 0.478 e. The number of rotatable bonds is 3.